The summed E-state index contributed by atoms with van der Waals surface area (Å²) in [6.45, 7) is 4.93. The van der Waals surface area contributed by atoms with Crippen LogP contribution in [0.5, 0.6) is 0 Å². The first-order valence-corrected chi connectivity index (χ1v) is 11.3. The predicted molar refractivity (Wildman–Crippen MR) is 113 cm³/mol. The second kappa shape index (κ2) is 7.43. The summed E-state index contributed by atoms with van der Waals surface area (Å²) in [5.74, 6) is 1.66. The number of benzene rings is 1. The topological polar surface area (TPSA) is 110 Å². The maximum absolute atomic E-state index is 13.2. The summed E-state index contributed by atoms with van der Waals surface area (Å²) in [5.41, 5.74) is 2.30. The summed E-state index contributed by atoms with van der Waals surface area (Å²) in [4.78, 5) is 10.9. The molecule has 1 aliphatic rings. The highest BCUT2D eigenvalue weighted by atomic mass is 32.2. The van der Waals surface area contributed by atoms with Crippen molar-refractivity contribution in [2.24, 2.45) is 0 Å². The minimum atomic E-state index is -3.68. The van der Waals surface area contributed by atoms with Gasteiger partial charge in [0.15, 0.2) is 5.76 Å². The van der Waals surface area contributed by atoms with Gasteiger partial charge in [-0.25, -0.2) is 13.4 Å². The highest BCUT2D eigenvalue weighted by molar-refractivity contribution is 7.89. The van der Waals surface area contributed by atoms with E-state index in [0.717, 1.165) is 16.9 Å². The van der Waals surface area contributed by atoms with Gasteiger partial charge in [0.2, 0.25) is 10.0 Å². The Bertz CT molecular complexity index is 1320. The molecule has 5 rings (SSSR count). The molecule has 0 spiro atoms. The predicted octanol–water partition coefficient (Wildman–Crippen LogP) is 1.91. The van der Waals surface area contributed by atoms with Crippen molar-refractivity contribution >= 4 is 21.6 Å². The Balaban J connectivity index is 1.48. The maximum Gasteiger partial charge on any atom is 0.254 e. The van der Waals surface area contributed by atoms with Crippen LogP contribution in [-0.4, -0.2) is 63.6 Å². The minimum Gasteiger partial charge on any atom is -0.360 e. The standard InChI is InChI=1S/C20H21N7O3S/c1-14-18(15(2)30-24-14)31(28,29)26-10-8-25(9-11-26)19-17(16-6-4-3-5-7-16)12-21-20-22-13-23-27(19)20/h3-7,12-13H,8-11H2,1-2H3. The number of hydrogen-bond donors (Lipinski definition) is 0. The lowest BCUT2D eigenvalue weighted by Crippen LogP contribution is -2.49. The third kappa shape index (κ3) is 3.26. The van der Waals surface area contributed by atoms with E-state index in [9.17, 15) is 8.42 Å². The van der Waals surface area contributed by atoms with Crippen molar-refractivity contribution in [3.05, 3.63) is 54.3 Å². The second-order valence-electron chi connectivity index (χ2n) is 7.38. The number of rotatable bonds is 4. The van der Waals surface area contributed by atoms with Crippen molar-refractivity contribution in [2.45, 2.75) is 18.7 Å². The summed E-state index contributed by atoms with van der Waals surface area (Å²) < 4.78 is 34.6. The first-order chi connectivity index (χ1) is 15.0. The molecule has 0 radical (unpaired) electrons. The van der Waals surface area contributed by atoms with Gasteiger partial charge in [-0.2, -0.15) is 18.9 Å². The molecule has 4 aromatic rings. The van der Waals surface area contributed by atoms with Crippen molar-refractivity contribution in [1.29, 1.82) is 0 Å². The van der Waals surface area contributed by atoms with Crippen LogP contribution in [0.3, 0.4) is 0 Å². The van der Waals surface area contributed by atoms with E-state index < -0.39 is 10.0 Å². The van der Waals surface area contributed by atoms with Crippen LogP contribution in [0.25, 0.3) is 16.9 Å². The van der Waals surface area contributed by atoms with Crippen LogP contribution in [0.4, 0.5) is 5.82 Å². The number of nitrogens with zero attached hydrogens (tertiary/aromatic N) is 7. The number of anilines is 1. The molecule has 11 heteroatoms. The van der Waals surface area contributed by atoms with Crippen LogP contribution >= 0.6 is 0 Å². The minimum absolute atomic E-state index is 0.161. The molecule has 0 saturated carbocycles. The SMILES string of the molecule is Cc1noc(C)c1S(=O)(=O)N1CCN(c2c(-c3ccccc3)cnc3ncnn23)CC1. The first kappa shape index (κ1) is 19.6. The van der Waals surface area contributed by atoms with Gasteiger partial charge >= 0.3 is 0 Å². The van der Waals surface area contributed by atoms with E-state index in [-0.39, 0.29) is 4.90 Å². The zero-order valence-electron chi connectivity index (χ0n) is 17.1. The molecule has 0 unspecified atom stereocenters. The second-order valence-corrected chi connectivity index (χ2v) is 9.25. The number of fused-ring (bicyclic) bond motifs is 1. The highest BCUT2D eigenvalue weighted by Gasteiger charge is 2.34. The molecule has 3 aromatic heterocycles. The molecule has 4 heterocycles. The fourth-order valence-electron chi connectivity index (χ4n) is 4.00. The number of aromatic nitrogens is 5. The Kier molecular flexibility index (Phi) is 4.71. The Morgan fingerprint density at radius 2 is 1.74 bits per heavy atom. The van der Waals surface area contributed by atoms with E-state index in [1.807, 2.05) is 30.3 Å². The number of piperazine rings is 1. The van der Waals surface area contributed by atoms with E-state index in [4.69, 9.17) is 4.52 Å². The molecule has 0 N–H and O–H groups in total. The van der Waals surface area contributed by atoms with E-state index in [1.165, 1.54) is 10.6 Å². The molecule has 1 fully saturated rings. The fraction of sp³-hybridized carbons (Fsp3) is 0.300. The molecule has 1 aliphatic heterocycles. The van der Waals surface area contributed by atoms with Crippen LogP contribution in [0.2, 0.25) is 0 Å². The Morgan fingerprint density at radius 1 is 1.00 bits per heavy atom. The Hall–Kier alpha value is -3.31. The van der Waals surface area contributed by atoms with Crippen LogP contribution < -0.4 is 4.90 Å². The van der Waals surface area contributed by atoms with Crippen LogP contribution in [0.15, 0.2) is 52.3 Å². The van der Waals surface area contributed by atoms with Crippen molar-refractivity contribution in [3.8, 4) is 11.1 Å². The molecular weight excluding hydrogens is 418 g/mol. The quantitative estimate of drug-likeness (QED) is 0.474. The normalized spacial score (nSPS) is 15.6. The van der Waals surface area contributed by atoms with Gasteiger partial charge in [-0.1, -0.05) is 35.5 Å². The van der Waals surface area contributed by atoms with Gasteiger partial charge in [0.25, 0.3) is 5.78 Å². The lowest BCUT2D eigenvalue weighted by molar-refractivity contribution is 0.377. The average Bonchev–Trinajstić information content (AvgIpc) is 3.40. The molecule has 31 heavy (non-hydrogen) atoms. The van der Waals surface area contributed by atoms with E-state index in [1.54, 1.807) is 24.6 Å². The molecule has 1 saturated heterocycles. The highest BCUT2D eigenvalue weighted by Crippen LogP contribution is 2.32. The lowest BCUT2D eigenvalue weighted by Gasteiger charge is -2.35. The van der Waals surface area contributed by atoms with E-state index >= 15 is 0 Å². The van der Waals surface area contributed by atoms with Gasteiger partial charge in [-0.05, 0) is 19.4 Å². The largest absolute Gasteiger partial charge is 0.360 e. The summed E-state index contributed by atoms with van der Waals surface area (Å²) in [6.07, 6.45) is 3.26. The van der Waals surface area contributed by atoms with Crippen LogP contribution in [0.1, 0.15) is 11.5 Å². The van der Waals surface area contributed by atoms with Crippen LogP contribution in [0, 0.1) is 13.8 Å². The third-order valence-electron chi connectivity index (χ3n) is 5.47. The molecule has 0 aliphatic carbocycles. The monoisotopic (exact) mass is 439 g/mol. The van der Waals surface area contributed by atoms with Gasteiger partial charge in [0.1, 0.15) is 22.7 Å². The maximum atomic E-state index is 13.2. The van der Waals surface area contributed by atoms with Gasteiger partial charge in [-0.3, -0.25) is 0 Å². The third-order valence-corrected chi connectivity index (χ3v) is 7.61. The molecule has 1 aromatic carbocycles. The summed E-state index contributed by atoms with van der Waals surface area (Å²) in [7, 11) is -3.68. The number of hydrogen-bond acceptors (Lipinski definition) is 8. The van der Waals surface area contributed by atoms with Crippen molar-refractivity contribution < 1.29 is 12.9 Å². The van der Waals surface area contributed by atoms with Crippen molar-refractivity contribution in [3.63, 3.8) is 0 Å². The van der Waals surface area contributed by atoms with E-state index in [2.05, 4.69) is 25.1 Å². The molecule has 10 nitrogen and oxygen atoms in total. The number of sulfonamides is 1. The first-order valence-electron chi connectivity index (χ1n) is 9.89. The number of aryl methyl sites for hydroxylation is 2. The molecular formula is C20H21N7O3S. The summed E-state index contributed by atoms with van der Waals surface area (Å²) >= 11 is 0. The van der Waals surface area contributed by atoms with Crippen molar-refractivity contribution in [2.75, 3.05) is 31.1 Å². The van der Waals surface area contributed by atoms with Gasteiger partial charge in [-0.15, -0.1) is 0 Å². The van der Waals surface area contributed by atoms with Crippen molar-refractivity contribution in [1.82, 2.24) is 29.0 Å². The smallest absolute Gasteiger partial charge is 0.254 e. The van der Waals surface area contributed by atoms with Gasteiger partial charge in [0, 0.05) is 37.9 Å². The zero-order valence-corrected chi connectivity index (χ0v) is 17.9. The Labute approximate surface area is 179 Å². The van der Waals surface area contributed by atoms with E-state index in [0.29, 0.717) is 43.4 Å². The average molecular weight is 440 g/mol. The molecule has 0 amide bonds. The molecule has 160 valence electrons. The zero-order chi connectivity index (χ0) is 21.6. The molecule has 0 atom stereocenters. The fourth-order valence-corrected chi connectivity index (χ4v) is 5.72. The summed E-state index contributed by atoms with van der Waals surface area (Å²) in [6, 6.07) is 9.93. The molecule has 0 bridgehead atoms. The van der Waals surface area contributed by atoms with Gasteiger partial charge in [0.05, 0.1) is 0 Å². The van der Waals surface area contributed by atoms with Gasteiger partial charge < -0.3 is 9.42 Å². The lowest BCUT2D eigenvalue weighted by atomic mass is 10.1. The Morgan fingerprint density at radius 3 is 2.42 bits per heavy atom. The summed E-state index contributed by atoms with van der Waals surface area (Å²) in [5, 5.41) is 8.16. The van der Waals surface area contributed by atoms with Crippen LogP contribution in [-0.2, 0) is 10.0 Å².